The number of rotatable bonds is 12. The normalized spacial score (nSPS) is 13.2. The van der Waals surface area contributed by atoms with Crippen LogP contribution in [0.2, 0.25) is 0 Å². The zero-order valence-electron chi connectivity index (χ0n) is 23.5. The summed E-state index contributed by atoms with van der Waals surface area (Å²) in [6.07, 6.45) is 0. The van der Waals surface area contributed by atoms with Crippen molar-refractivity contribution in [2.45, 2.75) is 0 Å². The summed E-state index contributed by atoms with van der Waals surface area (Å²) in [7, 11) is 9.13. The zero-order chi connectivity index (χ0) is 27.7. The molecule has 1 aliphatic rings. The molecule has 2 N–H and O–H groups in total. The maximum atomic E-state index is 12.7. The summed E-state index contributed by atoms with van der Waals surface area (Å²) in [6, 6.07) is 6.74. The fraction of sp³-hybridized carbons (Fsp3) is 0.462. The molecule has 40 heavy (non-hydrogen) atoms. The molecule has 1 heterocycles. The molecule has 0 spiro atoms. The molecule has 0 unspecified atom stereocenters. The van der Waals surface area contributed by atoms with Gasteiger partial charge < -0.3 is 39.1 Å². The van der Waals surface area contributed by atoms with E-state index in [-0.39, 0.29) is 49.7 Å². The second-order valence-corrected chi connectivity index (χ2v) is 8.48. The van der Waals surface area contributed by atoms with Crippen LogP contribution in [-0.4, -0.2) is 104 Å². The first-order valence-corrected chi connectivity index (χ1v) is 12.0. The number of hydrogen-bond acceptors (Lipinski definition) is 10. The molecule has 2 amide bonds. The third-order valence-electron chi connectivity index (χ3n) is 6.10. The number of hydrogen-bond donors (Lipinski definition) is 2. The number of halogens is 2. The van der Waals surface area contributed by atoms with Gasteiger partial charge in [-0.15, -0.1) is 24.8 Å². The van der Waals surface area contributed by atoms with Gasteiger partial charge >= 0.3 is 0 Å². The Morgan fingerprint density at radius 2 is 0.850 bits per heavy atom. The Kier molecular flexibility index (Phi) is 14.5. The molecule has 2 aromatic carbocycles. The van der Waals surface area contributed by atoms with Crippen LogP contribution in [0.1, 0.15) is 0 Å². The largest absolute Gasteiger partial charge is 0.493 e. The maximum absolute atomic E-state index is 12.7. The molecule has 0 atom stereocenters. The van der Waals surface area contributed by atoms with E-state index in [0.29, 0.717) is 72.1 Å². The van der Waals surface area contributed by atoms with Gasteiger partial charge in [-0.05, 0) is 0 Å². The molecule has 14 heteroatoms. The Hall–Kier alpha value is -3.32. The van der Waals surface area contributed by atoms with Crippen molar-refractivity contribution in [3.8, 4) is 34.5 Å². The standard InChI is InChI=1S/C26H36N4O8.2ClH/c1-33-19-11-17(12-20(34-2)25(19)37-5)27-23(31)15-29-7-9-30(10-8-29)16-24(32)28-18-13-21(35-3)26(38-6)22(14-18)36-4;;/h11-14H,7-10,15-16H2,1-6H3,(H,27,31)(H,28,32);2*1H. The summed E-state index contributed by atoms with van der Waals surface area (Å²) in [5, 5.41) is 5.77. The van der Waals surface area contributed by atoms with E-state index in [1.165, 1.54) is 42.7 Å². The lowest BCUT2D eigenvalue weighted by atomic mass is 10.2. The van der Waals surface area contributed by atoms with Crippen molar-refractivity contribution in [1.29, 1.82) is 0 Å². The Labute approximate surface area is 247 Å². The zero-order valence-corrected chi connectivity index (χ0v) is 25.2. The van der Waals surface area contributed by atoms with E-state index in [1.807, 2.05) is 9.80 Å². The third kappa shape index (κ3) is 8.85. The number of methoxy groups -OCH3 is 6. The molecular weight excluding hydrogens is 567 g/mol. The van der Waals surface area contributed by atoms with Crippen LogP contribution in [0, 0.1) is 0 Å². The van der Waals surface area contributed by atoms with Crippen molar-refractivity contribution in [2.75, 3.05) is 92.6 Å². The number of piperazine rings is 1. The maximum Gasteiger partial charge on any atom is 0.238 e. The van der Waals surface area contributed by atoms with E-state index in [9.17, 15) is 9.59 Å². The van der Waals surface area contributed by atoms with Crippen LogP contribution in [-0.2, 0) is 9.59 Å². The Balaban J connectivity index is 0.00000400. The fourth-order valence-electron chi connectivity index (χ4n) is 4.22. The molecular formula is C26H38Cl2N4O8. The van der Waals surface area contributed by atoms with Gasteiger partial charge in [-0.1, -0.05) is 0 Å². The lowest BCUT2D eigenvalue weighted by Crippen LogP contribution is -2.50. The number of nitrogens with zero attached hydrogens (tertiary/aromatic N) is 2. The molecule has 1 aliphatic heterocycles. The molecule has 0 aromatic heterocycles. The first-order valence-electron chi connectivity index (χ1n) is 12.0. The van der Waals surface area contributed by atoms with Gasteiger partial charge in [0.15, 0.2) is 23.0 Å². The van der Waals surface area contributed by atoms with E-state index >= 15 is 0 Å². The molecule has 0 aliphatic carbocycles. The highest BCUT2D eigenvalue weighted by Crippen LogP contribution is 2.40. The number of amides is 2. The van der Waals surface area contributed by atoms with Gasteiger partial charge in [0.25, 0.3) is 0 Å². The minimum atomic E-state index is -0.159. The molecule has 12 nitrogen and oxygen atoms in total. The molecule has 1 fully saturated rings. The number of carbonyl (C=O) groups is 2. The molecule has 3 rings (SSSR count). The third-order valence-corrected chi connectivity index (χ3v) is 6.10. The van der Waals surface area contributed by atoms with Gasteiger partial charge in [0, 0.05) is 61.8 Å². The van der Waals surface area contributed by atoms with Crippen molar-refractivity contribution >= 4 is 48.0 Å². The van der Waals surface area contributed by atoms with Crippen LogP contribution in [0.3, 0.4) is 0 Å². The average Bonchev–Trinajstić information content (AvgIpc) is 2.92. The van der Waals surface area contributed by atoms with Gasteiger partial charge in [-0.3, -0.25) is 19.4 Å². The van der Waals surface area contributed by atoms with Crippen LogP contribution in [0.25, 0.3) is 0 Å². The Morgan fingerprint density at radius 3 is 1.07 bits per heavy atom. The summed E-state index contributed by atoms with van der Waals surface area (Å²) in [4.78, 5) is 29.4. The molecule has 0 saturated carbocycles. The second kappa shape index (κ2) is 16.7. The summed E-state index contributed by atoms with van der Waals surface area (Å²) >= 11 is 0. The van der Waals surface area contributed by atoms with Gasteiger partial charge in [-0.25, -0.2) is 0 Å². The van der Waals surface area contributed by atoms with E-state index < -0.39 is 0 Å². The van der Waals surface area contributed by atoms with Crippen molar-refractivity contribution in [3.05, 3.63) is 24.3 Å². The van der Waals surface area contributed by atoms with E-state index in [1.54, 1.807) is 24.3 Å². The van der Waals surface area contributed by atoms with Crippen LogP contribution >= 0.6 is 24.8 Å². The van der Waals surface area contributed by atoms with Crippen molar-refractivity contribution in [3.63, 3.8) is 0 Å². The molecule has 0 bridgehead atoms. The highest BCUT2D eigenvalue weighted by Gasteiger charge is 2.22. The Morgan fingerprint density at radius 1 is 0.575 bits per heavy atom. The highest BCUT2D eigenvalue weighted by molar-refractivity contribution is 5.93. The summed E-state index contributed by atoms with van der Waals surface area (Å²) in [5.41, 5.74) is 1.10. The monoisotopic (exact) mass is 604 g/mol. The smallest absolute Gasteiger partial charge is 0.238 e. The van der Waals surface area contributed by atoms with Crippen LogP contribution in [0.5, 0.6) is 34.5 Å². The summed E-state index contributed by atoms with van der Waals surface area (Å²) in [6.45, 7) is 3.06. The minimum absolute atomic E-state index is 0. The SMILES string of the molecule is COc1cc(NC(=O)CN2CCN(CC(=O)Nc3cc(OC)c(OC)c(OC)c3)CC2)cc(OC)c1OC.Cl.Cl. The van der Waals surface area contributed by atoms with Gasteiger partial charge in [0.1, 0.15) is 0 Å². The number of benzene rings is 2. The topological polar surface area (TPSA) is 120 Å². The summed E-state index contributed by atoms with van der Waals surface area (Å²) in [5.74, 6) is 2.43. The highest BCUT2D eigenvalue weighted by atomic mass is 35.5. The first kappa shape index (κ1) is 34.7. The number of carbonyl (C=O) groups excluding carboxylic acids is 2. The van der Waals surface area contributed by atoms with Crippen LogP contribution in [0.15, 0.2) is 24.3 Å². The number of ether oxygens (including phenoxy) is 6. The molecule has 1 saturated heterocycles. The average molecular weight is 606 g/mol. The predicted octanol–water partition coefficient (Wildman–Crippen LogP) is 2.78. The molecule has 224 valence electrons. The van der Waals surface area contributed by atoms with Crippen molar-refractivity contribution in [2.24, 2.45) is 0 Å². The Bertz CT molecular complexity index is 992. The quantitative estimate of drug-likeness (QED) is 0.374. The van der Waals surface area contributed by atoms with Crippen LogP contribution < -0.4 is 39.1 Å². The second-order valence-electron chi connectivity index (χ2n) is 8.48. The predicted molar refractivity (Wildman–Crippen MR) is 157 cm³/mol. The van der Waals surface area contributed by atoms with Gasteiger partial charge in [0.2, 0.25) is 23.3 Å². The fourth-order valence-corrected chi connectivity index (χ4v) is 4.22. The number of anilines is 2. The van der Waals surface area contributed by atoms with Crippen LogP contribution in [0.4, 0.5) is 11.4 Å². The first-order chi connectivity index (χ1) is 18.3. The van der Waals surface area contributed by atoms with E-state index in [0.717, 1.165) is 0 Å². The van der Waals surface area contributed by atoms with Crippen molar-refractivity contribution < 1.29 is 38.0 Å². The number of nitrogens with one attached hydrogen (secondary N) is 2. The molecule has 2 aromatic rings. The van der Waals surface area contributed by atoms with Gasteiger partial charge in [0.05, 0.1) is 55.7 Å². The lowest BCUT2D eigenvalue weighted by Gasteiger charge is -2.33. The summed E-state index contributed by atoms with van der Waals surface area (Å²) < 4.78 is 32.0. The minimum Gasteiger partial charge on any atom is -0.493 e. The lowest BCUT2D eigenvalue weighted by molar-refractivity contribution is -0.120. The van der Waals surface area contributed by atoms with E-state index in [4.69, 9.17) is 28.4 Å². The van der Waals surface area contributed by atoms with E-state index in [2.05, 4.69) is 10.6 Å². The molecule has 0 radical (unpaired) electrons. The van der Waals surface area contributed by atoms with Crippen molar-refractivity contribution in [1.82, 2.24) is 9.80 Å². The van der Waals surface area contributed by atoms with Gasteiger partial charge in [-0.2, -0.15) is 0 Å².